The number of hydrogen-bond acceptors (Lipinski definition) is 1. The molecule has 0 saturated carbocycles. The number of nitrogens with zero attached hydrogens (tertiary/aromatic N) is 1. The Hall–Kier alpha value is 0.540. The zero-order valence-electron chi connectivity index (χ0n) is 1.66. The van der Waals surface area contributed by atoms with Crippen molar-refractivity contribution in [3.05, 3.63) is 5.41 Å². The molecule has 0 heterocycles. The molecular formula is CAgNS. The van der Waals surface area contributed by atoms with E-state index in [0.29, 0.717) is 0 Å². The Bertz CT molecular complexity index is 29.0. The van der Waals surface area contributed by atoms with E-state index in [1.807, 2.05) is 0 Å². The van der Waals surface area contributed by atoms with Gasteiger partial charge in [-0.15, -0.1) is 0 Å². The maximum atomic E-state index is 7.13. The van der Waals surface area contributed by atoms with E-state index < -0.39 is 0 Å². The fourth-order valence-electron chi connectivity index (χ4n) is 0. The third-order valence-corrected chi connectivity index (χ3v) is 0. The molecule has 0 amide bonds. The molecular weight excluding hydrogens is 166 g/mol. The minimum Gasteiger partial charge on any atom is -0.753 e. The van der Waals surface area contributed by atoms with Gasteiger partial charge in [0.05, 0.1) is 0 Å². The zero-order chi connectivity index (χ0) is 2.71. The van der Waals surface area contributed by atoms with Gasteiger partial charge >= 0.3 is 22.4 Å². The maximum absolute atomic E-state index is 7.13. The average molecular weight is 166 g/mol. The van der Waals surface area contributed by atoms with E-state index >= 15 is 0 Å². The van der Waals surface area contributed by atoms with Gasteiger partial charge in [0, 0.05) is 0 Å². The van der Waals surface area contributed by atoms with Gasteiger partial charge in [0.25, 0.3) is 0 Å². The molecule has 26 valence electrons. The van der Waals surface area contributed by atoms with Crippen LogP contribution in [-0.4, -0.2) is 5.16 Å². The van der Waals surface area contributed by atoms with E-state index in [9.17, 15) is 0 Å². The first-order valence-electron chi connectivity index (χ1n) is 0.428. The number of thiocarbonyl (C=S) groups is 1. The molecule has 0 bridgehead atoms. The quantitative estimate of drug-likeness (QED) is 0.294. The molecule has 0 aliphatic rings. The minimum absolute atomic E-state index is 0. The second kappa shape index (κ2) is 9.63. The molecule has 0 fully saturated rings. The maximum Gasteiger partial charge on any atom is 1.00 e. The van der Waals surface area contributed by atoms with Gasteiger partial charge in [0.1, 0.15) is 0 Å². The van der Waals surface area contributed by atoms with E-state index in [0.717, 1.165) is 0 Å². The van der Waals surface area contributed by atoms with Gasteiger partial charge in [-0.3, -0.25) is 0 Å². The van der Waals surface area contributed by atoms with Crippen LogP contribution < -0.4 is 0 Å². The van der Waals surface area contributed by atoms with Gasteiger partial charge in [0.15, 0.2) is 0 Å². The summed E-state index contributed by atoms with van der Waals surface area (Å²) >= 11 is 3.70. The van der Waals surface area contributed by atoms with Crippen LogP contribution in [0.5, 0.6) is 0 Å². The Labute approximate surface area is 45.4 Å². The van der Waals surface area contributed by atoms with Gasteiger partial charge in [-0.25, -0.2) is 0 Å². The molecule has 0 rings (SSSR count). The molecule has 0 atom stereocenters. The summed E-state index contributed by atoms with van der Waals surface area (Å²) in [6, 6.07) is 0. The first-order chi connectivity index (χ1) is 1.41. The van der Waals surface area contributed by atoms with Crippen LogP contribution in [0, 0.1) is 0 Å². The van der Waals surface area contributed by atoms with Gasteiger partial charge in [0.2, 0.25) is 0 Å². The summed E-state index contributed by atoms with van der Waals surface area (Å²) in [4.78, 5) is 0. The van der Waals surface area contributed by atoms with Crippen LogP contribution in [0.2, 0.25) is 0 Å². The third-order valence-electron chi connectivity index (χ3n) is 0. The molecule has 0 N–H and O–H groups in total. The molecule has 0 radical (unpaired) electrons. The second-order valence-corrected chi connectivity index (χ2v) is 0.274. The SMILES string of the molecule is [Ag+].[N-]=C=S. The Balaban J connectivity index is 0. The standard InChI is InChI=1S/CNS.Ag/c2-1-3;/q-1;+1. The normalized spacial score (nSPS) is 2.00. The summed E-state index contributed by atoms with van der Waals surface area (Å²) in [6.45, 7) is 0. The third kappa shape index (κ3) is 20.6. The predicted octanol–water partition coefficient (Wildman–Crippen LogP) is 0.656. The summed E-state index contributed by atoms with van der Waals surface area (Å²) < 4.78 is 0. The van der Waals surface area contributed by atoms with Crippen molar-refractivity contribution in [3.8, 4) is 0 Å². The van der Waals surface area contributed by atoms with Gasteiger partial charge < -0.3 is 5.41 Å². The molecule has 0 spiro atoms. The van der Waals surface area contributed by atoms with Crippen LogP contribution in [0.25, 0.3) is 5.41 Å². The summed E-state index contributed by atoms with van der Waals surface area (Å²) in [7, 11) is 0. The first kappa shape index (κ1) is 8.82. The number of isothiocyanates is 1. The van der Waals surface area contributed by atoms with Crippen LogP contribution >= 0.6 is 12.2 Å². The molecule has 0 aliphatic carbocycles. The molecule has 0 aromatic carbocycles. The van der Waals surface area contributed by atoms with Crippen molar-refractivity contribution in [2.45, 2.75) is 0 Å². The number of hydrogen-bond donors (Lipinski definition) is 0. The van der Waals surface area contributed by atoms with Gasteiger partial charge in [-0.05, 0) is 0 Å². The van der Waals surface area contributed by atoms with Crippen molar-refractivity contribution < 1.29 is 22.4 Å². The summed E-state index contributed by atoms with van der Waals surface area (Å²) in [5.74, 6) is 0. The molecule has 1 nitrogen and oxygen atoms in total. The van der Waals surface area contributed by atoms with Crippen LogP contribution in [0.15, 0.2) is 0 Å². The second-order valence-electron chi connectivity index (χ2n) is 0.0913. The van der Waals surface area contributed by atoms with Gasteiger partial charge in [-0.2, -0.15) is 5.16 Å². The van der Waals surface area contributed by atoms with E-state index in [1.165, 1.54) is 5.16 Å². The first-order valence-corrected chi connectivity index (χ1v) is 0.836. The van der Waals surface area contributed by atoms with E-state index in [2.05, 4.69) is 12.2 Å². The fraction of sp³-hybridized carbons (Fsp3) is 0. The predicted molar refractivity (Wildman–Crippen MR) is 16.0 cm³/mol. The average Bonchev–Trinajstić information content (AvgIpc) is 0.918. The minimum atomic E-state index is 0. The summed E-state index contributed by atoms with van der Waals surface area (Å²) in [6.07, 6.45) is 0. The van der Waals surface area contributed by atoms with Crippen molar-refractivity contribution in [1.29, 1.82) is 0 Å². The monoisotopic (exact) mass is 165 g/mol. The summed E-state index contributed by atoms with van der Waals surface area (Å²) in [5.41, 5.74) is 0. The molecule has 0 aromatic heterocycles. The molecule has 4 heavy (non-hydrogen) atoms. The van der Waals surface area contributed by atoms with Crippen LogP contribution in [0.4, 0.5) is 0 Å². The smallest absolute Gasteiger partial charge is 0.753 e. The molecule has 3 heteroatoms. The Kier molecular flexibility index (Phi) is 21.2. The van der Waals surface area contributed by atoms with Crippen molar-refractivity contribution >= 4 is 17.4 Å². The van der Waals surface area contributed by atoms with E-state index in [4.69, 9.17) is 5.41 Å². The Morgan fingerprint density at radius 3 is 1.75 bits per heavy atom. The summed E-state index contributed by atoms with van der Waals surface area (Å²) in [5, 5.41) is 8.47. The fourth-order valence-corrected chi connectivity index (χ4v) is 0. The Morgan fingerprint density at radius 1 is 1.75 bits per heavy atom. The van der Waals surface area contributed by atoms with E-state index in [-0.39, 0.29) is 22.4 Å². The van der Waals surface area contributed by atoms with Crippen molar-refractivity contribution in [3.63, 3.8) is 0 Å². The van der Waals surface area contributed by atoms with Crippen molar-refractivity contribution in [1.82, 2.24) is 0 Å². The van der Waals surface area contributed by atoms with Crippen LogP contribution in [0.3, 0.4) is 0 Å². The van der Waals surface area contributed by atoms with Crippen molar-refractivity contribution in [2.24, 2.45) is 0 Å². The van der Waals surface area contributed by atoms with E-state index in [1.54, 1.807) is 0 Å². The van der Waals surface area contributed by atoms with Crippen molar-refractivity contribution in [2.75, 3.05) is 0 Å². The molecule has 0 aliphatic heterocycles. The Morgan fingerprint density at radius 2 is 1.75 bits per heavy atom. The number of rotatable bonds is 0. The molecule has 0 unspecified atom stereocenters. The molecule has 0 aromatic rings. The molecule has 0 saturated heterocycles. The van der Waals surface area contributed by atoms with Gasteiger partial charge in [-0.1, -0.05) is 12.2 Å². The van der Waals surface area contributed by atoms with Crippen LogP contribution in [0.1, 0.15) is 0 Å². The topological polar surface area (TPSA) is 22.3 Å². The van der Waals surface area contributed by atoms with Crippen LogP contribution in [-0.2, 0) is 22.4 Å². The largest absolute Gasteiger partial charge is 1.00 e. The zero-order valence-corrected chi connectivity index (χ0v) is 3.96.